The molecule has 2 aromatic carbocycles. The Hall–Kier alpha value is -1.28. The minimum Gasteiger partial charge on any atom is -0.508 e. The summed E-state index contributed by atoms with van der Waals surface area (Å²) in [4.78, 5) is 0. The van der Waals surface area contributed by atoms with Gasteiger partial charge in [-0.2, -0.15) is 0 Å². The standard InChI is InChI=1S/C11H16O.C10H14O.C9H18.C5H10.2CH3.Fe/c1-3-9(2)11-6-4-10(8-12)5-7-11;1-3-8(2)9-4-6-10(11)7-5-9;1-3-8(2)9-6-4-5-7-9;1-2-4-5-3-1;;;/h4-7,9,12H,3,8H2,1-2H3;4-8,11H,3H2,1-2H3;8-9H,3-7H2,1-2H3;1-5H2;2*1H3;/q;;;;2*-1;+2. The number of aliphatic hydroxyl groups excluding tert-OH is 1. The fourth-order valence-corrected chi connectivity index (χ4v) is 4.97. The average Bonchev–Trinajstić information content (AvgIpc) is 3.71. The van der Waals surface area contributed by atoms with E-state index in [9.17, 15) is 0 Å². The van der Waals surface area contributed by atoms with Gasteiger partial charge in [0.05, 0.1) is 6.61 Å². The Morgan fingerprint density at radius 2 is 1.00 bits per heavy atom. The van der Waals surface area contributed by atoms with Crippen LogP contribution in [0.2, 0.25) is 0 Å². The Labute approximate surface area is 261 Å². The molecule has 2 saturated carbocycles. The van der Waals surface area contributed by atoms with Gasteiger partial charge in [-0.15, -0.1) is 0 Å². The van der Waals surface area contributed by atoms with Crippen molar-refractivity contribution in [2.75, 3.05) is 0 Å². The molecule has 232 valence electrons. The van der Waals surface area contributed by atoms with E-state index in [1.54, 1.807) is 12.1 Å². The molecule has 0 bridgehead atoms. The minimum absolute atomic E-state index is 0. The van der Waals surface area contributed by atoms with Crippen LogP contribution in [0.5, 0.6) is 5.75 Å². The van der Waals surface area contributed by atoms with Crippen LogP contribution in [0.4, 0.5) is 0 Å². The molecule has 4 rings (SSSR count). The van der Waals surface area contributed by atoms with Crippen LogP contribution in [0.25, 0.3) is 0 Å². The molecular formula is C37H64FeO2. The molecule has 2 aliphatic carbocycles. The first-order valence-corrected chi connectivity index (χ1v) is 15.3. The molecule has 0 aliphatic heterocycles. The third-order valence-electron chi connectivity index (χ3n) is 8.52. The molecule has 3 heteroatoms. The third kappa shape index (κ3) is 18.2. The Morgan fingerprint density at radius 3 is 1.32 bits per heavy atom. The maximum absolute atomic E-state index is 9.01. The predicted molar refractivity (Wildman–Crippen MR) is 175 cm³/mol. The largest absolute Gasteiger partial charge is 2.00 e. The number of aromatic hydroxyl groups is 1. The van der Waals surface area contributed by atoms with Gasteiger partial charge in [0, 0.05) is 0 Å². The van der Waals surface area contributed by atoms with Crippen molar-refractivity contribution in [3.63, 3.8) is 0 Å². The van der Waals surface area contributed by atoms with E-state index in [0.29, 0.717) is 17.6 Å². The number of hydrogen-bond acceptors (Lipinski definition) is 2. The molecule has 40 heavy (non-hydrogen) atoms. The van der Waals surface area contributed by atoms with Gasteiger partial charge < -0.3 is 25.1 Å². The number of hydrogen-bond donors (Lipinski definition) is 2. The zero-order chi connectivity index (χ0) is 27.5. The summed E-state index contributed by atoms with van der Waals surface area (Å²) in [6.45, 7) is 13.6. The predicted octanol–water partition coefficient (Wildman–Crippen LogP) is 11.7. The van der Waals surface area contributed by atoms with Crippen molar-refractivity contribution in [2.45, 2.75) is 137 Å². The van der Waals surface area contributed by atoms with Gasteiger partial charge in [0.2, 0.25) is 0 Å². The fourth-order valence-electron chi connectivity index (χ4n) is 4.97. The topological polar surface area (TPSA) is 40.5 Å². The molecule has 2 aromatic rings. The normalized spacial score (nSPS) is 16.0. The van der Waals surface area contributed by atoms with E-state index in [1.165, 1.54) is 81.8 Å². The summed E-state index contributed by atoms with van der Waals surface area (Å²) in [7, 11) is 0. The molecule has 3 atom stereocenters. The smallest absolute Gasteiger partial charge is 0.508 e. The number of phenolic OH excluding ortho intramolecular Hbond substituents is 1. The zero-order valence-corrected chi connectivity index (χ0v) is 28.5. The average molecular weight is 597 g/mol. The molecule has 2 aliphatic rings. The van der Waals surface area contributed by atoms with E-state index in [0.717, 1.165) is 23.8 Å². The maximum atomic E-state index is 9.01. The van der Waals surface area contributed by atoms with Crippen molar-refractivity contribution >= 4 is 0 Å². The molecule has 0 amide bonds. The van der Waals surface area contributed by atoms with Crippen LogP contribution in [0.3, 0.4) is 0 Å². The Bertz CT molecular complexity index is 769. The number of rotatable bonds is 7. The first kappa shape index (κ1) is 43.2. The quantitative estimate of drug-likeness (QED) is 0.247. The van der Waals surface area contributed by atoms with Gasteiger partial charge in [0.15, 0.2) is 0 Å². The fraction of sp³-hybridized carbons (Fsp3) is 0.622. The summed E-state index contributed by atoms with van der Waals surface area (Å²) in [6, 6.07) is 15.6. The van der Waals surface area contributed by atoms with Gasteiger partial charge in [0.1, 0.15) is 5.75 Å². The van der Waals surface area contributed by atoms with Gasteiger partial charge in [-0.1, -0.05) is 142 Å². The Balaban J connectivity index is -0.000000459. The molecule has 2 N–H and O–H groups in total. The van der Waals surface area contributed by atoms with Gasteiger partial charge in [-0.05, 0) is 65.3 Å². The molecule has 0 radical (unpaired) electrons. The van der Waals surface area contributed by atoms with Crippen LogP contribution >= 0.6 is 0 Å². The first-order chi connectivity index (χ1) is 17.9. The van der Waals surface area contributed by atoms with E-state index in [4.69, 9.17) is 10.2 Å². The maximum Gasteiger partial charge on any atom is 2.00 e. The summed E-state index contributed by atoms with van der Waals surface area (Å²) in [5, 5.41) is 17.8. The monoisotopic (exact) mass is 596 g/mol. The molecule has 3 unspecified atom stereocenters. The second-order valence-corrected chi connectivity index (χ2v) is 11.3. The van der Waals surface area contributed by atoms with Crippen molar-refractivity contribution in [3.8, 4) is 5.75 Å². The second-order valence-electron chi connectivity index (χ2n) is 11.3. The van der Waals surface area contributed by atoms with Crippen LogP contribution in [0.15, 0.2) is 48.5 Å². The molecule has 0 spiro atoms. The first-order valence-electron chi connectivity index (χ1n) is 15.3. The zero-order valence-electron chi connectivity index (χ0n) is 27.4. The van der Waals surface area contributed by atoms with Gasteiger partial charge in [-0.3, -0.25) is 0 Å². The Morgan fingerprint density at radius 1 is 0.625 bits per heavy atom. The van der Waals surface area contributed by atoms with Crippen molar-refractivity contribution in [3.05, 3.63) is 80.1 Å². The molecule has 0 aromatic heterocycles. The summed E-state index contributed by atoms with van der Waals surface area (Å²) in [6.07, 6.45) is 17.2. The van der Waals surface area contributed by atoms with E-state index >= 15 is 0 Å². The van der Waals surface area contributed by atoms with Crippen LogP contribution in [0, 0.1) is 26.7 Å². The van der Waals surface area contributed by atoms with E-state index in [1.807, 2.05) is 24.3 Å². The van der Waals surface area contributed by atoms with Crippen LogP contribution in [-0.4, -0.2) is 10.2 Å². The number of aliphatic hydroxyl groups is 1. The van der Waals surface area contributed by atoms with Crippen molar-refractivity contribution < 1.29 is 27.3 Å². The van der Waals surface area contributed by atoms with Crippen molar-refractivity contribution in [2.24, 2.45) is 11.8 Å². The second kappa shape index (κ2) is 26.6. The number of phenols is 1. The molecule has 0 saturated heterocycles. The summed E-state index contributed by atoms with van der Waals surface area (Å²) >= 11 is 0. The van der Waals surface area contributed by atoms with Crippen LogP contribution < -0.4 is 0 Å². The summed E-state index contributed by atoms with van der Waals surface area (Å²) in [5.74, 6) is 3.63. The minimum atomic E-state index is 0. The Kier molecular flexibility index (Phi) is 28.7. The summed E-state index contributed by atoms with van der Waals surface area (Å²) in [5.41, 5.74) is 3.64. The molecule has 2 nitrogen and oxygen atoms in total. The van der Waals surface area contributed by atoms with Gasteiger partial charge >= 0.3 is 17.1 Å². The van der Waals surface area contributed by atoms with Gasteiger partial charge in [0.25, 0.3) is 0 Å². The van der Waals surface area contributed by atoms with E-state index in [2.05, 4.69) is 53.7 Å². The van der Waals surface area contributed by atoms with Crippen molar-refractivity contribution in [1.82, 2.24) is 0 Å². The molecule has 2 fully saturated rings. The van der Waals surface area contributed by atoms with Crippen LogP contribution in [0.1, 0.15) is 147 Å². The van der Waals surface area contributed by atoms with E-state index in [-0.39, 0.29) is 38.5 Å². The van der Waals surface area contributed by atoms with Crippen molar-refractivity contribution in [1.29, 1.82) is 0 Å². The van der Waals surface area contributed by atoms with E-state index < -0.39 is 0 Å². The molecular weight excluding hydrogens is 532 g/mol. The molecule has 0 heterocycles. The number of benzene rings is 2. The summed E-state index contributed by atoms with van der Waals surface area (Å²) < 4.78 is 0. The van der Waals surface area contributed by atoms with Crippen LogP contribution in [-0.2, 0) is 23.7 Å². The SMILES string of the molecule is C1CCCC1.CCC(C)C1CCCC1.CCC(C)c1ccc(CO)cc1.CCC(C)c1ccc(O)cc1.[CH3-].[CH3-].[Fe+2]. The van der Waals surface area contributed by atoms with Gasteiger partial charge in [-0.25, -0.2) is 0 Å². The third-order valence-corrected chi connectivity index (χ3v) is 8.52.